The van der Waals surface area contributed by atoms with Gasteiger partial charge in [-0.25, -0.2) is 13.1 Å². The van der Waals surface area contributed by atoms with Gasteiger partial charge < -0.3 is 10.2 Å². The second-order valence-electron chi connectivity index (χ2n) is 7.38. The maximum atomic E-state index is 12.4. The molecule has 1 aliphatic heterocycles. The molecule has 0 atom stereocenters. The molecular weight excluding hydrogens is 362 g/mol. The fourth-order valence-corrected chi connectivity index (χ4v) is 4.71. The number of aryl methyl sites for hydroxylation is 2. The van der Waals surface area contributed by atoms with Crippen molar-refractivity contribution in [3.8, 4) is 0 Å². The lowest BCUT2D eigenvalue weighted by molar-refractivity contribution is -0.120. The molecule has 2 rings (SSSR count). The van der Waals surface area contributed by atoms with Gasteiger partial charge in [0, 0.05) is 19.5 Å². The molecule has 6 nitrogen and oxygen atoms in total. The molecule has 1 saturated heterocycles. The third kappa shape index (κ3) is 7.60. The van der Waals surface area contributed by atoms with Crippen LogP contribution in [0.25, 0.3) is 0 Å². The van der Waals surface area contributed by atoms with E-state index in [0.29, 0.717) is 12.1 Å². The van der Waals surface area contributed by atoms with Gasteiger partial charge in [-0.05, 0) is 69.9 Å². The van der Waals surface area contributed by atoms with E-state index in [4.69, 9.17) is 0 Å². The average Bonchev–Trinajstić information content (AvgIpc) is 2.89. The predicted molar refractivity (Wildman–Crippen MR) is 108 cm³/mol. The van der Waals surface area contributed by atoms with Crippen molar-refractivity contribution in [3.63, 3.8) is 0 Å². The van der Waals surface area contributed by atoms with Crippen LogP contribution in [0.2, 0.25) is 0 Å². The first-order chi connectivity index (χ1) is 12.9. The maximum Gasteiger partial charge on any atom is 0.240 e. The Morgan fingerprint density at radius 2 is 1.78 bits per heavy atom. The Bertz CT molecular complexity index is 711. The van der Waals surface area contributed by atoms with Gasteiger partial charge in [0.1, 0.15) is 0 Å². The normalized spacial score (nSPS) is 16.1. The van der Waals surface area contributed by atoms with Gasteiger partial charge in [-0.1, -0.05) is 25.0 Å². The second-order valence-corrected chi connectivity index (χ2v) is 9.11. The number of sulfonamides is 1. The molecule has 1 amide bonds. The van der Waals surface area contributed by atoms with Crippen molar-refractivity contribution in [3.05, 3.63) is 29.3 Å². The van der Waals surface area contributed by atoms with E-state index in [1.54, 1.807) is 19.1 Å². The Hall–Kier alpha value is -1.44. The van der Waals surface area contributed by atoms with Crippen LogP contribution in [-0.4, -0.2) is 51.9 Å². The van der Waals surface area contributed by atoms with E-state index in [9.17, 15) is 13.2 Å². The van der Waals surface area contributed by atoms with Crippen LogP contribution < -0.4 is 10.0 Å². The van der Waals surface area contributed by atoms with Crippen molar-refractivity contribution in [2.24, 2.45) is 0 Å². The highest BCUT2D eigenvalue weighted by Crippen LogP contribution is 2.16. The zero-order chi connectivity index (χ0) is 19.7. The lowest BCUT2D eigenvalue weighted by atomic mass is 10.2. The molecule has 2 N–H and O–H groups in total. The largest absolute Gasteiger partial charge is 0.356 e. The van der Waals surface area contributed by atoms with Crippen LogP contribution in [0, 0.1) is 13.8 Å². The Morgan fingerprint density at radius 3 is 2.48 bits per heavy atom. The minimum Gasteiger partial charge on any atom is -0.356 e. The third-order valence-electron chi connectivity index (χ3n) is 4.95. The van der Waals surface area contributed by atoms with E-state index in [2.05, 4.69) is 14.9 Å². The second kappa shape index (κ2) is 10.8. The topological polar surface area (TPSA) is 78.5 Å². The van der Waals surface area contributed by atoms with E-state index < -0.39 is 10.0 Å². The van der Waals surface area contributed by atoms with Crippen molar-refractivity contribution in [1.82, 2.24) is 14.9 Å². The number of rotatable bonds is 9. The number of nitrogens with zero attached hydrogens (tertiary/aromatic N) is 1. The highest BCUT2D eigenvalue weighted by atomic mass is 32.2. The number of carbonyl (C=O) groups excluding carboxylic acids is 1. The van der Waals surface area contributed by atoms with Crippen LogP contribution in [0.15, 0.2) is 23.1 Å². The van der Waals surface area contributed by atoms with Gasteiger partial charge in [0.25, 0.3) is 0 Å². The number of carbonyl (C=O) groups is 1. The van der Waals surface area contributed by atoms with Gasteiger partial charge in [-0.15, -0.1) is 0 Å². The monoisotopic (exact) mass is 395 g/mol. The van der Waals surface area contributed by atoms with Gasteiger partial charge in [0.05, 0.1) is 4.90 Å². The molecule has 152 valence electrons. The zero-order valence-corrected chi connectivity index (χ0v) is 17.4. The molecular formula is C20H33N3O3S. The summed E-state index contributed by atoms with van der Waals surface area (Å²) >= 11 is 0. The fourth-order valence-electron chi connectivity index (χ4n) is 3.35. The van der Waals surface area contributed by atoms with Gasteiger partial charge >= 0.3 is 0 Å². The number of benzene rings is 1. The number of amides is 1. The summed E-state index contributed by atoms with van der Waals surface area (Å²) in [6.07, 6.45) is 6.27. The van der Waals surface area contributed by atoms with Gasteiger partial charge in [0.2, 0.25) is 15.9 Å². The molecule has 1 aliphatic rings. The number of nitrogens with one attached hydrogen (secondary N) is 2. The van der Waals surface area contributed by atoms with Crippen LogP contribution in [0.5, 0.6) is 0 Å². The van der Waals surface area contributed by atoms with E-state index >= 15 is 0 Å². The van der Waals surface area contributed by atoms with Crippen molar-refractivity contribution < 1.29 is 13.2 Å². The summed E-state index contributed by atoms with van der Waals surface area (Å²) in [5.41, 5.74) is 1.59. The van der Waals surface area contributed by atoms with E-state index in [1.165, 1.54) is 25.7 Å². The van der Waals surface area contributed by atoms with Gasteiger partial charge in [0.15, 0.2) is 0 Å². The Kier molecular flexibility index (Phi) is 8.73. The van der Waals surface area contributed by atoms with Crippen LogP contribution in [0.3, 0.4) is 0 Å². The molecule has 0 saturated carbocycles. The summed E-state index contributed by atoms with van der Waals surface area (Å²) in [4.78, 5) is 14.7. The molecule has 0 aromatic heterocycles. The van der Waals surface area contributed by atoms with E-state index in [0.717, 1.165) is 31.6 Å². The molecule has 0 unspecified atom stereocenters. The van der Waals surface area contributed by atoms with Crippen molar-refractivity contribution in [2.45, 2.75) is 57.3 Å². The molecule has 7 heteroatoms. The van der Waals surface area contributed by atoms with Crippen molar-refractivity contribution in [2.75, 3.05) is 32.7 Å². The Balaban J connectivity index is 1.65. The third-order valence-corrected chi connectivity index (χ3v) is 6.55. The summed E-state index contributed by atoms with van der Waals surface area (Å²) in [6, 6.07) is 5.33. The molecule has 1 heterocycles. The Morgan fingerprint density at radius 1 is 1.07 bits per heavy atom. The van der Waals surface area contributed by atoms with Crippen LogP contribution in [0.1, 0.15) is 49.7 Å². The summed E-state index contributed by atoms with van der Waals surface area (Å²) in [6.45, 7) is 7.71. The van der Waals surface area contributed by atoms with Crippen molar-refractivity contribution in [1.29, 1.82) is 0 Å². The molecule has 1 aromatic rings. The highest BCUT2D eigenvalue weighted by Gasteiger charge is 2.17. The quantitative estimate of drug-likeness (QED) is 0.629. The van der Waals surface area contributed by atoms with Crippen LogP contribution in [-0.2, 0) is 14.8 Å². The van der Waals surface area contributed by atoms with Crippen molar-refractivity contribution >= 4 is 15.9 Å². The standard InChI is InChI=1S/C20H33N3O3S/c1-17-8-9-18(2)19(16-17)27(25,26)22-12-10-20(24)21-11-7-15-23-13-5-3-4-6-14-23/h8-9,16,22H,3-7,10-15H2,1-2H3,(H,21,24). The molecule has 0 aliphatic carbocycles. The SMILES string of the molecule is Cc1ccc(C)c(S(=O)(=O)NCCC(=O)NCCCN2CCCCCC2)c1. The van der Waals surface area contributed by atoms with Crippen LogP contribution in [0.4, 0.5) is 0 Å². The van der Waals surface area contributed by atoms with Crippen LogP contribution >= 0.6 is 0 Å². The molecule has 0 bridgehead atoms. The highest BCUT2D eigenvalue weighted by molar-refractivity contribution is 7.89. The average molecular weight is 396 g/mol. The van der Waals surface area contributed by atoms with Gasteiger partial charge in [-0.2, -0.15) is 0 Å². The summed E-state index contributed by atoms with van der Waals surface area (Å²) in [5, 5.41) is 2.88. The predicted octanol–water partition coefficient (Wildman–Crippen LogP) is 2.35. The molecule has 0 radical (unpaired) electrons. The lowest BCUT2D eigenvalue weighted by Crippen LogP contribution is -2.33. The fraction of sp³-hybridized carbons (Fsp3) is 0.650. The van der Waals surface area contributed by atoms with E-state index in [-0.39, 0.29) is 23.8 Å². The number of hydrogen-bond acceptors (Lipinski definition) is 4. The summed E-state index contributed by atoms with van der Waals surface area (Å²) < 4.78 is 27.3. The first-order valence-corrected chi connectivity index (χ1v) is 11.4. The number of likely N-dealkylation sites (tertiary alicyclic amines) is 1. The summed E-state index contributed by atoms with van der Waals surface area (Å²) in [5.74, 6) is -0.116. The molecule has 1 fully saturated rings. The zero-order valence-electron chi connectivity index (χ0n) is 16.6. The minimum atomic E-state index is -3.59. The molecule has 0 spiro atoms. The Labute approximate surface area is 163 Å². The first-order valence-electron chi connectivity index (χ1n) is 9.94. The molecule has 27 heavy (non-hydrogen) atoms. The maximum absolute atomic E-state index is 12.4. The smallest absolute Gasteiger partial charge is 0.240 e. The first kappa shape index (κ1) is 21.9. The van der Waals surface area contributed by atoms with Gasteiger partial charge in [-0.3, -0.25) is 4.79 Å². The molecule has 1 aromatic carbocycles. The minimum absolute atomic E-state index is 0.105. The lowest BCUT2D eigenvalue weighted by Gasteiger charge is -2.19. The summed E-state index contributed by atoms with van der Waals surface area (Å²) in [7, 11) is -3.59. The van der Waals surface area contributed by atoms with E-state index in [1.807, 2.05) is 13.0 Å². The number of hydrogen-bond donors (Lipinski definition) is 2.